The van der Waals surface area contributed by atoms with E-state index in [4.69, 9.17) is 4.74 Å². The number of ether oxygens (including phenoxy) is 1. The molecular weight excluding hydrogens is 376 g/mol. The second-order valence-electron chi connectivity index (χ2n) is 4.65. The maximum atomic E-state index is 12.0. The first-order valence-corrected chi connectivity index (χ1v) is 8.64. The number of esters is 1. The van der Waals surface area contributed by atoms with E-state index in [2.05, 4.69) is 26.0 Å². The van der Waals surface area contributed by atoms with Gasteiger partial charge in [-0.15, -0.1) is 0 Å². The van der Waals surface area contributed by atoms with Crippen LogP contribution in [0.3, 0.4) is 0 Å². The summed E-state index contributed by atoms with van der Waals surface area (Å²) in [5, 5.41) is 2.58. The fraction of sp³-hybridized carbons (Fsp3) is 0.385. The van der Waals surface area contributed by atoms with Crippen molar-refractivity contribution in [2.24, 2.45) is 0 Å². The summed E-state index contributed by atoms with van der Waals surface area (Å²) in [5.74, 6) is -1.22. The molecule has 0 bridgehead atoms. The Kier molecular flexibility index (Phi) is 6.51. The second-order valence-corrected chi connectivity index (χ2v) is 7.39. The van der Waals surface area contributed by atoms with Crippen LogP contribution in [0.5, 0.6) is 0 Å². The monoisotopic (exact) mass is 392 g/mol. The number of rotatable bonds is 6. The summed E-state index contributed by atoms with van der Waals surface area (Å²) >= 11 is 3.15. The van der Waals surface area contributed by atoms with Crippen molar-refractivity contribution in [2.45, 2.75) is 24.8 Å². The average Bonchev–Trinajstić information content (AvgIpc) is 2.44. The highest BCUT2D eigenvalue weighted by Gasteiger charge is 2.19. The van der Waals surface area contributed by atoms with Crippen LogP contribution in [0.4, 0.5) is 0 Å². The minimum Gasteiger partial charge on any atom is -0.452 e. The maximum Gasteiger partial charge on any atom is 0.339 e. The van der Waals surface area contributed by atoms with Crippen molar-refractivity contribution in [1.29, 1.82) is 0 Å². The molecule has 7 nitrogen and oxygen atoms in total. The van der Waals surface area contributed by atoms with Crippen molar-refractivity contribution >= 4 is 37.8 Å². The van der Waals surface area contributed by atoms with Crippen LogP contribution in [-0.4, -0.2) is 40.0 Å². The lowest BCUT2D eigenvalue weighted by molar-refractivity contribution is -0.124. The highest BCUT2D eigenvalue weighted by molar-refractivity contribution is 9.10. The first-order valence-electron chi connectivity index (χ1n) is 6.37. The fourth-order valence-corrected chi connectivity index (χ4v) is 2.68. The van der Waals surface area contributed by atoms with E-state index < -0.39 is 28.5 Å². The van der Waals surface area contributed by atoms with Gasteiger partial charge in [-0.1, -0.05) is 0 Å². The van der Waals surface area contributed by atoms with Gasteiger partial charge in [0.05, 0.1) is 10.5 Å². The summed E-state index contributed by atoms with van der Waals surface area (Å²) in [5.41, 5.74) is 0.0219. The molecule has 0 radical (unpaired) electrons. The van der Waals surface area contributed by atoms with Crippen molar-refractivity contribution in [1.82, 2.24) is 10.0 Å². The SMILES string of the molecule is CNS(=O)(=O)c1ccc(Br)c(C(=O)OCC(=O)NC(C)C)c1. The molecule has 0 heterocycles. The molecule has 0 fully saturated rings. The van der Waals surface area contributed by atoms with Gasteiger partial charge < -0.3 is 10.1 Å². The molecule has 0 spiro atoms. The summed E-state index contributed by atoms with van der Waals surface area (Å²) < 4.78 is 30.9. The highest BCUT2D eigenvalue weighted by Crippen LogP contribution is 2.21. The Labute approximate surface area is 137 Å². The number of sulfonamides is 1. The van der Waals surface area contributed by atoms with Crippen molar-refractivity contribution in [3.63, 3.8) is 0 Å². The molecule has 0 saturated carbocycles. The van der Waals surface area contributed by atoms with Crippen LogP contribution < -0.4 is 10.0 Å². The number of benzene rings is 1. The molecule has 0 saturated heterocycles. The van der Waals surface area contributed by atoms with Crippen LogP contribution in [0, 0.1) is 0 Å². The number of amides is 1. The Morgan fingerprint density at radius 2 is 1.95 bits per heavy atom. The van der Waals surface area contributed by atoms with E-state index in [1.165, 1.54) is 25.2 Å². The highest BCUT2D eigenvalue weighted by atomic mass is 79.9. The van der Waals surface area contributed by atoms with E-state index in [0.717, 1.165) is 0 Å². The molecule has 22 heavy (non-hydrogen) atoms. The van der Waals surface area contributed by atoms with Gasteiger partial charge in [-0.2, -0.15) is 0 Å². The first kappa shape index (κ1) is 18.6. The van der Waals surface area contributed by atoms with Crippen LogP contribution in [-0.2, 0) is 19.6 Å². The Morgan fingerprint density at radius 1 is 1.32 bits per heavy atom. The van der Waals surface area contributed by atoms with Gasteiger partial charge in [0.2, 0.25) is 10.0 Å². The summed E-state index contributed by atoms with van der Waals surface area (Å²) in [6.07, 6.45) is 0. The number of nitrogens with one attached hydrogen (secondary N) is 2. The van der Waals surface area contributed by atoms with E-state index >= 15 is 0 Å². The Morgan fingerprint density at radius 3 is 2.50 bits per heavy atom. The van der Waals surface area contributed by atoms with Gasteiger partial charge in [0, 0.05) is 10.5 Å². The summed E-state index contributed by atoms with van der Waals surface area (Å²) in [7, 11) is -2.41. The van der Waals surface area contributed by atoms with Crippen LogP contribution in [0.25, 0.3) is 0 Å². The normalized spacial score (nSPS) is 11.3. The number of halogens is 1. The number of carbonyl (C=O) groups excluding carboxylic acids is 2. The van der Waals surface area contributed by atoms with Crippen molar-refractivity contribution < 1.29 is 22.7 Å². The molecule has 0 aromatic heterocycles. The van der Waals surface area contributed by atoms with Gasteiger partial charge in [0.15, 0.2) is 6.61 Å². The van der Waals surface area contributed by atoms with E-state index in [1.807, 2.05) is 0 Å². The molecule has 0 unspecified atom stereocenters. The standard InChI is InChI=1S/C13H17BrN2O5S/c1-8(2)16-12(17)7-21-13(18)10-6-9(4-5-11(10)14)22(19,20)15-3/h4-6,8,15H,7H2,1-3H3,(H,16,17). The Bertz CT molecular complexity index is 673. The molecule has 1 aromatic rings. The minimum atomic E-state index is -3.68. The molecule has 0 aliphatic rings. The zero-order valence-corrected chi connectivity index (χ0v) is 14.7. The van der Waals surface area contributed by atoms with Crippen LogP contribution in [0.15, 0.2) is 27.6 Å². The minimum absolute atomic E-state index is 0.0219. The third kappa shape index (κ3) is 5.08. The number of hydrogen-bond donors (Lipinski definition) is 2. The van der Waals surface area contributed by atoms with Gasteiger partial charge in [0.25, 0.3) is 5.91 Å². The van der Waals surface area contributed by atoms with Crippen molar-refractivity contribution in [2.75, 3.05) is 13.7 Å². The zero-order chi connectivity index (χ0) is 16.9. The summed E-state index contributed by atoms with van der Waals surface area (Å²) in [6.45, 7) is 3.12. The molecular formula is C13H17BrN2O5S. The lowest BCUT2D eigenvalue weighted by Crippen LogP contribution is -2.34. The third-order valence-electron chi connectivity index (χ3n) is 2.52. The Balaban J connectivity index is 2.90. The van der Waals surface area contributed by atoms with Gasteiger partial charge in [-0.25, -0.2) is 17.9 Å². The molecule has 1 amide bonds. The number of carbonyl (C=O) groups is 2. The smallest absolute Gasteiger partial charge is 0.339 e. The fourth-order valence-electron chi connectivity index (χ4n) is 1.52. The van der Waals surface area contributed by atoms with E-state index in [-0.39, 0.29) is 16.5 Å². The Hall–Kier alpha value is -1.45. The molecule has 0 aliphatic carbocycles. The quantitative estimate of drug-likeness (QED) is 0.704. The predicted molar refractivity (Wildman–Crippen MR) is 83.9 cm³/mol. The molecule has 122 valence electrons. The van der Waals surface area contributed by atoms with Gasteiger partial charge in [-0.05, 0) is 55.0 Å². The van der Waals surface area contributed by atoms with Crippen LogP contribution in [0.2, 0.25) is 0 Å². The van der Waals surface area contributed by atoms with Crippen molar-refractivity contribution in [3.8, 4) is 0 Å². The van der Waals surface area contributed by atoms with E-state index in [0.29, 0.717) is 4.47 Å². The van der Waals surface area contributed by atoms with Crippen LogP contribution in [0.1, 0.15) is 24.2 Å². The molecule has 9 heteroatoms. The van der Waals surface area contributed by atoms with E-state index in [1.54, 1.807) is 13.8 Å². The van der Waals surface area contributed by atoms with Crippen molar-refractivity contribution in [3.05, 3.63) is 28.2 Å². The van der Waals surface area contributed by atoms with Gasteiger partial charge >= 0.3 is 5.97 Å². The summed E-state index contributed by atoms with van der Waals surface area (Å²) in [4.78, 5) is 23.3. The lowest BCUT2D eigenvalue weighted by atomic mass is 10.2. The molecule has 1 rings (SSSR count). The predicted octanol–water partition coefficient (Wildman–Crippen LogP) is 1.04. The van der Waals surface area contributed by atoms with E-state index in [9.17, 15) is 18.0 Å². The largest absolute Gasteiger partial charge is 0.452 e. The molecule has 2 N–H and O–H groups in total. The lowest BCUT2D eigenvalue weighted by Gasteiger charge is -2.10. The van der Waals surface area contributed by atoms with Gasteiger partial charge in [0.1, 0.15) is 0 Å². The molecule has 0 atom stereocenters. The maximum absolute atomic E-state index is 12.0. The van der Waals surface area contributed by atoms with Crippen LogP contribution >= 0.6 is 15.9 Å². The average molecular weight is 393 g/mol. The topological polar surface area (TPSA) is 102 Å². The second kappa shape index (κ2) is 7.70. The summed E-state index contributed by atoms with van der Waals surface area (Å²) in [6, 6.07) is 3.88. The zero-order valence-electron chi connectivity index (χ0n) is 12.3. The third-order valence-corrected chi connectivity index (χ3v) is 4.62. The number of hydrogen-bond acceptors (Lipinski definition) is 5. The van der Waals surface area contributed by atoms with Gasteiger partial charge in [-0.3, -0.25) is 4.79 Å². The molecule has 0 aliphatic heterocycles. The first-order chi connectivity index (χ1) is 10.2. The molecule has 1 aromatic carbocycles.